The van der Waals surface area contributed by atoms with Crippen molar-refractivity contribution < 1.29 is 9.18 Å². The number of carbonyl (C=O) groups is 1. The van der Waals surface area contributed by atoms with Crippen molar-refractivity contribution in [3.05, 3.63) is 41.7 Å². The average Bonchev–Trinajstić information content (AvgIpc) is 2.03. The van der Waals surface area contributed by atoms with Crippen LogP contribution in [0.1, 0.15) is 11.1 Å². The van der Waals surface area contributed by atoms with Gasteiger partial charge in [-0.15, -0.1) is 0 Å². The molecule has 68 valence electrons. The molecule has 13 heavy (non-hydrogen) atoms. The first-order valence-corrected chi connectivity index (χ1v) is 3.82. The van der Waals surface area contributed by atoms with Crippen molar-refractivity contribution in [2.75, 3.05) is 0 Å². The Hall–Kier alpha value is -1.64. The van der Waals surface area contributed by atoms with E-state index in [1.165, 1.54) is 12.1 Å². The first-order valence-electron chi connectivity index (χ1n) is 3.82. The quantitative estimate of drug-likeness (QED) is 0.750. The first kappa shape index (κ1) is 9.45. The number of hydrogen-bond acceptors (Lipinski definition) is 1. The van der Waals surface area contributed by atoms with E-state index in [0.29, 0.717) is 11.1 Å². The summed E-state index contributed by atoms with van der Waals surface area (Å²) in [6.45, 7) is 3.45. The molecule has 0 aliphatic heterocycles. The maximum absolute atomic E-state index is 13.1. The van der Waals surface area contributed by atoms with Gasteiger partial charge >= 0.3 is 0 Å². The molecule has 0 fully saturated rings. The molecular formula is C10H10FNO. The van der Waals surface area contributed by atoms with Gasteiger partial charge in [0.15, 0.2) is 0 Å². The van der Waals surface area contributed by atoms with Crippen molar-refractivity contribution in [3.63, 3.8) is 0 Å². The average molecular weight is 179 g/mol. The Kier molecular flexibility index (Phi) is 2.80. The van der Waals surface area contributed by atoms with Crippen molar-refractivity contribution in [1.82, 2.24) is 0 Å². The molecule has 0 spiro atoms. The van der Waals surface area contributed by atoms with Gasteiger partial charge in [0.05, 0.1) is 6.42 Å². The van der Waals surface area contributed by atoms with Gasteiger partial charge in [0, 0.05) is 5.56 Å². The summed E-state index contributed by atoms with van der Waals surface area (Å²) in [7, 11) is 0. The minimum absolute atomic E-state index is 0.0638. The normalized spacial score (nSPS) is 9.62. The van der Waals surface area contributed by atoms with E-state index in [1.807, 2.05) is 0 Å². The summed E-state index contributed by atoms with van der Waals surface area (Å²) >= 11 is 0. The van der Waals surface area contributed by atoms with E-state index in [4.69, 9.17) is 5.73 Å². The number of halogens is 1. The molecule has 0 heterocycles. The lowest BCUT2D eigenvalue weighted by molar-refractivity contribution is -0.117. The van der Waals surface area contributed by atoms with Crippen LogP contribution in [0.5, 0.6) is 0 Å². The smallest absolute Gasteiger partial charge is 0.221 e. The van der Waals surface area contributed by atoms with Crippen LogP contribution in [0, 0.1) is 5.82 Å². The van der Waals surface area contributed by atoms with Gasteiger partial charge in [-0.05, 0) is 11.6 Å². The fourth-order valence-electron chi connectivity index (χ4n) is 1.05. The Bertz CT molecular complexity index is 347. The Labute approximate surface area is 75.9 Å². The van der Waals surface area contributed by atoms with Gasteiger partial charge in [-0.2, -0.15) is 0 Å². The lowest BCUT2D eigenvalue weighted by atomic mass is 10.1. The lowest BCUT2D eigenvalue weighted by Gasteiger charge is -2.00. The number of nitrogens with two attached hydrogens (primary N) is 1. The third-order valence-corrected chi connectivity index (χ3v) is 1.66. The number of benzene rings is 1. The second kappa shape index (κ2) is 3.85. The molecule has 0 aliphatic rings. The van der Waals surface area contributed by atoms with Crippen LogP contribution in [0.4, 0.5) is 4.39 Å². The van der Waals surface area contributed by atoms with E-state index in [1.54, 1.807) is 12.1 Å². The molecule has 0 atom stereocenters. The molecule has 0 aliphatic carbocycles. The monoisotopic (exact) mass is 179 g/mol. The van der Waals surface area contributed by atoms with Crippen molar-refractivity contribution in [2.24, 2.45) is 5.73 Å². The van der Waals surface area contributed by atoms with Crippen LogP contribution in [0.2, 0.25) is 0 Å². The highest BCUT2D eigenvalue weighted by atomic mass is 19.1. The number of primary amides is 1. The Morgan fingerprint density at radius 3 is 2.77 bits per heavy atom. The Balaban J connectivity index is 2.95. The van der Waals surface area contributed by atoms with E-state index >= 15 is 0 Å². The number of amides is 1. The topological polar surface area (TPSA) is 43.1 Å². The molecule has 3 heteroatoms. The van der Waals surface area contributed by atoms with Crippen molar-refractivity contribution in [2.45, 2.75) is 6.42 Å². The van der Waals surface area contributed by atoms with E-state index < -0.39 is 5.91 Å². The molecule has 1 aromatic carbocycles. The van der Waals surface area contributed by atoms with Gasteiger partial charge in [-0.1, -0.05) is 24.8 Å². The molecule has 0 radical (unpaired) electrons. The van der Waals surface area contributed by atoms with Crippen LogP contribution in [0.15, 0.2) is 24.8 Å². The highest BCUT2D eigenvalue weighted by molar-refractivity contribution is 5.76. The van der Waals surface area contributed by atoms with Crippen LogP contribution in [-0.4, -0.2) is 5.91 Å². The Morgan fingerprint density at radius 2 is 2.31 bits per heavy atom. The molecule has 1 aromatic rings. The van der Waals surface area contributed by atoms with Crippen LogP contribution in [-0.2, 0) is 11.2 Å². The van der Waals surface area contributed by atoms with E-state index in [2.05, 4.69) is 6.58 Å². The van der Waals surface area contributed by atoms with Crippen LogP contribution in [0.25, 0.3) is 6.08 Å². The zero-order valence-corrected chi connectivity index (χ0v) is 7.09. The standard InChI is InChI=1S/C10H10FNO/c1-2-8-4-3-7(5-9(8)11)6-10(12)13/h2-5H,1,6H2,(H2,12,13). The second-order valence-corrected chi connectivity index (χ2v) is 2.70. The summed E-state index contributed by atoms with van der Waals surface area (Å²) in [4.78, 5) is 10.5. The summed E-state index contributed by atoms with van der Waals surface area (Å²) < 4.78 is 13.1. The zero-order chi connectivity index (χ0) is 9.84. The predicted octanol–water partition coefficient (Wildman–Crippen LogP) is 1.50. The molecule has 0 aromatic heterocycles. The molecule has 0 saturated carbocycles. The summed E-state index contributed by atoms with van der Waals surface area (Å²) in [5.41, 5.74) is 5.97. The van der Waals surface area contributed by atoms with Gasteiger partial charge in [-0.25, -0.2) is 4.39 Å². The minimum atomic E-state index is -0.467. The number of carbonyl (C=O) groups excluding carboxylic acids is 1. The summed E-state index contributed by atoms with van der Waals surface area (Å²) in [6, 6.07) is 4.52. The minimum Gasteiger partial charge on any atom is -0.369 e. The largest absolute Gasteiger partial charge is 0.369 e. The highest BCUT2D eigenvalue weighted by Gasteiger charge is 2.02. The number of hydrogen-bond donors (Lipinski definition) is 1. The number of rotatable bonds is 3. The van der Waals surface area contributed by atoms with Crippen molar-refractivity contribution in [3.8, 4) is 0 Å². The molecule has 0 saturated heterocycles. The van der Waals surface area contributed by atoms with Crippen molar-refractivity contribution in [1.29, 1.82) is 0 Å². The molecule has 2 nitrogen and oxygen atoms in total. The molecule has 0 unspecified atom stereocenters. The molecule has 1 amide bonds. The predicted molar refractivity (Wildman–Crippen MR) is 49.4 cm³/mol. The molecule has 0 bridgehead atoms. The maximum Gasteiger partial charge on any atom is 0.221 e. The lowest BCUT2D eigenvalue weighted by Crippen LogP contribution is -2.13. The van der Waals surface area contributed by atoms with Gasteiger partial charge in [-0.3, -0.25) is 4.79 Å². The van der Waals surface area contributed by atoms with Gasteiger partial charge < -0.3 is 5.73 Å². The van der Waals surface area contributed by atoms with E-state index in [9.17, 15) is 9.18 Å². The third-order valence-electron chi connectivity index (χ3n) is 1.66. The summed E-state index contributed by atoms with van der Waals surface area (Å²) in [6.07, 6.45) is 1.48. The fourth-order valence-corrected chi connectivity index (χ4v) is 1.05. The SMILES string of the molecule is C=Cc1ccc(CC(N)=O)cc1F. The molecule has 1 rings (SSSR count). The van der Waals surface area contributed by atoms with Gasteiger partial charge in [0.2, 0.25) is 5.91 Å². The van der Waals surface area contributed by atoms with Crippen LogP contribution >= 0.6 is 0 Å². The fraction of sp³-hybridized carbons (Fsp3) is 0.100. The maximum atomic E-state index is 13.1. The van der Waals surface area contributed by atoms with E-state index in [-0.39, 0.29) is 12.2 Å². The zero-order valence-electron chi connectivity index (χ0n) is 7.09. The summed E-state index contributed by atoms with van der Waals surface area (Å²) in [5.74, 6) is -0.848. The summed E-state index contributed by atoms with van der Waals surface area (Å²) in [5, 5.41) is 0. The Morgan fingerprint density at radius 1 is 1.62 bits per heavy atom. The third kappa shape index (κ3) is 2.40. The van der Waals surface area contributed by atoms with Crippen molar-refractivity contribution >= 4 is 12.0 Å². The van der Waals surface area contributed by atoms with Crippen LogP contribution in [0.3, 0.4) is 0 Å². The molecule has 2 N–H and O–H groups in total. The first-order chi connectivity index (χ1) is 6.13. The highest BCUT2D eigenvalue weighted by Crippen LogP contribution is 2.11. The van der Waals surface area contributed by atoms with Crippen LogP contribution < -0.4 is 5.73 Å². The van der Waals surface area contributed by atoms with Gasteiger partial charge in [0.25, 0.3) is 0 Å². The second-order valence-electron chi connectivity index (χ2n) is 2.70. The molecular weight excluding hydrogens is 169 g/mol. The van der Waals surface area contributed by atoms with E-state index in [0.717, 1.165) is 0 Å². The van der Waals surface area contributed by atoms with Gasteiger partial charge in [0.1, 0.15) is 5.82 Å².